The SMILES string of the molecule is Cc1ccc(-c2ccccc2)cc1.Cc1ccc(C2=CCCC=C2)cc1.Cc1ccccc1. The van der Waals surface area contributed by atoms with E-state index in [1.165, 1.54) is 51.8 Å². The summed E-state index contributed by atoms with van der Waals surface area (Å²) in [5.41, 5.74) is 9.22. The third-order valence-electron chi connectivity index (χ3n) is 5.48. The zero-order valence-electron chi connectivity index (χ0n) is 20.0. The molecule has 1 aliphatic rings. The smallest absolute Gasteiger partial charge is 0.0184 e. The lowest BCUT2D eigenvalue weighted by molar-refractivity contribution is 1.04. The first-order chi connectivity index (χ1) is 16.1. The molecule has 0 spiro atoms. The van der Waals surface area contributed by atoms with Crippen molar-refractivity contribution in [1.29, 1.82) is 0 Å². The van der Waals surface area contributed by atoms with Gasteiger partial charge in [-0.2, -0.15) is 0 Å². The van der Waals surface area contributed by atoms with Gasteiger partial charge in [0.05, 0.1) is 0 Å². The molecule has 0 atom stereocenters. The van der Waals surface area contributed by atoms with Gasteiger partial charge in [0.1, 0.15) is 0 Å². The standard InChI is InChI=1S/C13H14.C13H12.C7H8/c2*1-11-7-9-13(10-8-11)12-5-3-2-4-6-12;1-7-5-3-2-4-6-7/h3,5-10H,2,4H2,1H3;2-10H,1H3;2-6H,1H3. The molecule has 0 aromatic heterocycles. The van der Waals surface area contributed by atoms with Crippen LogP contribution in [0.25, 0.3) is 16.7 Å². The minimum atomic E-state index is 1.18. The maximum atomic E-state index is 2.31. The molecule has 166 valence electrons. The molecular weight excluding hydrogens is 396 g/mol. The fourth-order valence-corrected chi connectivity index (χ4v) is 3.48. The Balaban J connectivity index is 0.000000146. The molecule has 0 unspecified atom stereocenters. The maximum absolute atomic E-state index is 2.31. The topological polar surface area (TPSA) is 0 Å². The van der Waals surface area contributed by atoms with Crippen LogP contribution in [0.4, 0.5) is 0 Å². The van der Waals surface area contributed by atoms with Crippen LogP contribution in [0, 0.1) is 20.8 Å². The van der Waals surface area contributed by atoms with E-state index in [4.69, 9.17) is 0 Å². The predicted octanol–water partition coefficient (Wildman–Crippen LogP) is 9.39. The lowest BCUT2D eigenvalue weighted by Crippen LogP contribution is -1.85. The van der Waals surface area contributed by atoms with E-state index < -0.39 is 0 Å². The first kappa shape index (κ1) is 24.0. The van der Waals surface area contributed by atoms with E-state index in [-0.39, 0.29) is 0 Å². The van der Waals surface area contributed by atoms with Gasteiger partial charge in [-0.1, -0.05) is 144 Å². The molecule has 5 rings (SSSR count). The summed E-state index contributed by atoms with van der Waals surface area (Å²) in [6.07, 6.45) is 9.14. The molecule has 0 fully saturated rings. The fraction of sp³-hybridized carbons (Fsp3) is 0.152. The summed E-state index contributed by atoms with van der Waals surface area (Å²) in [5, 5.41) is 0. The van der Waals surface area contributed by atoms with E-state index in [0.717, 1.165) is 0 Å². The molecular formula is C33H34. The van der Waals surface area contributed by atoms with Crippen molar-refractivity contribution < 1.29 is 0 Å². The number of hydrogen-bond acceptors (Lipinski definition) is 0. The second-order valence-corrected chi connectivity index (χ2v) is 8.39. The zero-order valence-corrected chi connectivity index (χ0v) is 20.0. The Morgan fingerprint density at radius 3 is 1.33 bits per heavy atom. The average Bonchev–Trinajstić information content (AvgIpc) is 2.87. The maximum Gasteiger partial charge on any atom is -0.0184 e. The van der Waals surface area contributed by atoms with E-state index in [2.05, 4.69) is 124 Å². The second-order valence-electron chi connectivity index (χ2n) is 8.39. The van der Waals surface area contributed by atoms with Gasteiger partial charge in [-0.25, -0.2) is 0 Å². The van der Waals surface area contributed by atoms with Crippen LogP contribution in [-0.2, 0) is 0 Å². The Hall–Kier alpha value is -3.64. The Morgan fingerprint density at radius 2 is 0.879 bits per heavy atom. The minimum absolute atomic E-state index is 1.18. The molecule has 0 heteroatoms. The molecule has 0 N–H and O–H groups in total. The molecule has 4 aromatic rings. The molecule has 0 saturated heterocycles. The van der Waals surface area contributed by atoms with Crippen molar-refractivity contribution in [2.75, 3.05) is 0 Å². The summed E-state index contributed by atoms with van der Waals surface area (Å²) < 4.78 is 0. The van der Waals surface area contributed by atoms with Crippen LogP contribution in [0.1, 0.15) is 35.1 Å². The van der Waals surface area contributed by atoms with Crippen LogP contribution in [0.3, 0.4) is 0 Å². The van der Waals surface area contributed by atoms with Crippen molar-refractivity contribution in [3.05, 3.63) is 150 Å². The molecule has 4 aromatic carbocycles. The van der Waals surface area contributed by atoms with E-state index in [9.17, 15) is 0 Å². The summed E-state index contributed by atoms with van der Waals surface area (Å²) in [6.45, 7) is 6.31. The summed E-state index contributed by atoms with van der Waals surface area (Å²) in [7, 11) is 0. The highest BCUT2D eigenvalue weighted by atomic mass is 14.0. The Morgan fingerprint density at radius 1 is 0.424 bits per heavy atom. The molecule has 0 amide bonds. The molecule has 1 aliphatic carbocycles. The Kier molecular flexibility index (Phi) is 9.48. The largest absolute Gasteiger partial charge is 0.0836 e. The van der Waals surface area contributed by atoms with E-state index in [1.54, 1.807) is 0 Å². The van der Waals surface area contributed by atoms with Gasteiger partial charge in [-0.3, -0.25) is 0 Å². The molecule has 0 radical (unpaired) electrons. The van der Waals surface area contributed by atoms with Gasteiger partial charge in [-0.05, 0) is 55.9 Å². The quantitative estimate of drug-likeness (QED) is 0.297. The van der Waals surface area contributed by atoms with Crippen LogP contribution in [-0.4, -0.2) is 0 Å². The van der Waals surface area contributed by atoms with Crippen molar-refractivity contribution in [3.63, 3.8) is 0 Å². The molecule has 0 heterocycles. The van der Waals surface area contributed by atoms with Gasteiger partial charge in [0, 0.05) is 0 Å². The van der Waals surface area contributed by atoms with Gasteiger partial charge < -0.3 is 0 Å². The van der Waals surface area contributed by atoms with Crippen molar-refractivity contribution >= 4 is 5.57 Å². The van der Waals surface area contributed by atoms with Crippen LogP contribution < -0.4 is 0 Å². The van der Waals surface area contributed by atoms with E-state index >= 15 is 0 Å². The summed E-state index contributed by atoms with van der Waals surface area (Å²) in [4.78, 5) is 0. The fourth-order valence-electron chi connectivity index (χ4n) is 3.48. The van der Waals surface area contributed by atoms with Crippen LogP contribution in [0.2, 0.25) is 0 Å². The lowest BCUT2D eigenvalue weighted by Gasteiger charge is -2.06. The Labute approximate surface area is 200 Å². The van der Waals surface area contributed by atoms with E-state index in [0.29, 0.717) is 0 Å². The highest BCUT2D eigenvalue weighted by molar-refractivity contribution is 5.74. The normalized spacial score (nSPS) is 11.9. The van der Waals surface area contributed by atoms with Gasteiger partial charge >= 0.3 is 0 Å². The first-order valence-corrected chi connectivity index (χ1v) is 11.7. The number of allylic oxidation sites excluding steroid dienone is 4. The van der Waals surface area contributed by atoms with Gasteiger partial charge in [-0.15, -0.1) is 0 Å². The van der Waals surface area contributed by atoms with Gasteiger partial charge in [0.15, 0.2) is 0 Å². The second kappa shape index (κ2) is 13.0. The number of hydrogen-bond donors (Lipinski definition) is 0. The average molecular weight is 431 g/mol. The van der Waals surface area contributed by atoms with Crippen molar-refractivity contribution in [2.24, 2.45) is 0 Å². The zero-order chi connectivity index (χ0) is 23.3. The van der Waals surface area contributed by atoms with Crippen LogP contribution >= 0.6 is 0 Å². The van der Waals surface area contributed by atoms with Crippen LogP contribution in [0.15, 0.2) is 127 Å². The highest BCUT2D eigenvalue weighted by Gasteiger charge is 1.99. The van der Waals surface area contributed by atoms with Crippen molar-refractivity contribution in [2.45, 2.75) is 33.6 Å². The molecule has 0 aliphatic heterocycles. The Bertz CT molecular complexity index is 1130. The monoisotopic (exact) mass is 430 g/mol. The van der Waals surface area contributed by atoms with Crippen LogP contribution in [0.5, 0.6) is 0 Å². The number of aryl methyl sites for hydroxylation is 3. The summed E-state index contributed by atoms with van der Waals surface area (Å²) in [5.74, 6) is 0. The first-order valence-electron chi connectivity index (χ1n) is 11.7. The summed E-state index contributed by atoms with van der Waals surface area (Å²) in [6, 6.07) is 38.0. The van der Waals surface area contributed by atoms with Gasteiger partial charge in [0.25, 0.3) is 0 Å². The third kappa shape index (κ3) is 8.43. The molecule has 0 nitrogen and oxygen atoms in total. The number of rotatable bonds is 2. The highest BCUT2D eigenvalue weighted by Crippen LogP contribution is 2.21. The van der Waals surface area contributed by atoms with Crippen molar-refractivity contribution in [1.82, 2.24) is 0 Å². The van der Waals surface area contributed by atoms with E-state index in [1.807, 2.05) is 24.3 Å². The lowest BCUT2D eigenvalue weighted by atomic mass is 9.99. The molecule has 0 bridgehead atoms. The van der Waals surface area contributed by atoms with Gasteiger partial charge in [0.2, 0.25) is 0 Å². The minimum Gasteiger partial charge on any atom is -0.0836 e. The summed E-state index contributed by atoms with van der Waals surface area (Å²) >= 11 is 0. The molecule has 33 heavy (non-hydrogen) atoms. The predicted molar refractivity (Wildman–Crippen MR) is 145 cm³/mol. The number of benzene rings is 4. The van der Waals surface area contributed by atoms with Crippen molar-refractivity contribution in [3.8, 4) is 11.1 Å². The molecule has 0 saturated carbocycles. The third-order valence-corrected chi connectivity index (χ3v) is 5.48.